The molecule has 5 heteroatoms. The van der Waals surface area contributed by atoms with Gasteiger partial charge in [0.25, 0.3) is 0 Å². The molecule has 1 aromatic carbocycles. The van der Waals surface area contributed by atoms with Crippen LogP contribution in [0.4, 0.5) is 0 Å². The molecule has 0 spiro atoms. The summed E-state index contributed by atoms with van der Waals surface area (Å²) in [5.41, 5.74) is 3.42. The second kappa shape index (κ2) is 4.34. The number of benzene rings is 1. The third kappa shape index (κ3) is 1.71. The highest BCUT2D eigenvalue weighted by atomic mass is 16.1. The summed E-state index contributed by atoms with van der Waals surface area (Å²) in [6.45, 7) is 2.03. The van der Waals surface area contributed by atoms with Gasteiger partial charge in [-0.25, -0.2) is 9.78 Å². The van der Waals surface area contributed by atoms with Crippen LogP contribution in [0.2, 0.25) is 0 Å². The molecule has 3 aromatic heterocycles. The molecular weight excluding hydrogens is 264 g/mol. The number of nitrogens with one attached hydrogen (secondary N) is 2. The number of pyridine rings is 1. The highest BCUT2D eigenvalue weighted by molar-refractivity contribution is 6.01. The van der Waals surface area contributed by atoms with Crippen molar-refractivity contribution < 1.29 is 0 Å². The maximum atomic E-state index is 12.4. The summed E-state index contributed by atoms with van der Waals surface area (Å²) in [4.78, 5) is 22.7. The summed E-state index contributed by atoms with van der Waals surface area (Å²) in [5.74, 6) is 0. The largest absolute Gasteiger partial charge is 0.346 e. The third-order valence-corrected chi connectivity index (χ3v) is 3.93. The fourth-order valence-electron chi connectivity index (χ4n) is 2.87. The molecule has 21 heavy (non-hydrogen) atoms. The molecule has 5 nitrogen and oxygen atoms in total. The van der Waals surface area contributed by atoms with Crippen LogP contribution < -0.4 is 5.69 Å². The van der Waals surface area contributed by atoms with Crippen molar-refractivity contribution in [3.63, 3.8) is 0 Å². The standard InChI is InChI=1S/C16H14N4O/c1-10(11-5-3-2-4-6-11)20-14-12-7-8-17-15(12)18-9-13(14)19-16(20)21/h2-10H,1H3,(H,17,18)(H,19,21). The molecule has 0 saturated heterocycles. The van der Waals surface area contributed by atoms with Crippen molar-refractivity contribution in [1.29, 1.82) is 0 Å². The second-order valence-electron chi connectivity index (χ2n) is 5.15. The number of aromatic nitrogens is 4. The van der Waals surface area contributed by atoms with Gasteiger partial charge in [-0.1, -0.05) is 30.3 Å². The highest BCUT2D eigenvalue weighted by Crippen LogP contribution is 2.25. The SMILES string of the molecule is CC(c1ccccc1)n1c(=O)[nH]c2cnc3[nH]ccc3c21. The number of hydrogen-bond donors (Lipinski definition) is 2. The molecule has 1 unspecified atom stereocenters. The van der Waals surface area contributed by atoms with Gasteiger partial charge in [0.2, 0.25) is 0 Å². The van der Waals surface area contributed by atoms with E-state index in [-0.39, 0.29) is 11.7 Å². The van der Waals surface area contributed by atoms with Crippen LogP contribution in [0.3, 0.4) is 0 Å². The van der Waals surface area contributed by atoms with E-state index in [0.717, 1.165) is 27.6 Å². The van der Waals surface area contributed by atoms with E-state index in [1.807, 2.05) is 49.5 Å². The van der Waals surface area contributed by atoms with E-state index >= 15 is 0 Å². The molecular formula is C16H14N4O. The summed E-state index contributed by atoms with van der Waals surface area (Å²) in [5, 5.41) is 0.952. The van der Waals surface area contributed by atoms with Crippen molar-refractivity contribution in [2.24, 2.45) is 0 Å². The zero-order valence-corrected chi connectivity index (χ0v) is 11.5. The molecule has 2 N–H and O–H groups in total. The lowest BCUT2D eigenvalue weighted by Gasteiger charge is -2.14. The van der Waals surface area contributed by atoms with Crippen molar-refractivity contribution in [3.05, 3.63) is 64.8 Å². The summed E-state index contributed by atoms with van der Waals surface area (Å²) in [7, 11) is 0. The predicted octanol–water partition coefficient (Wildman–Crippen LogP) is 2.82. The molecule has 0 amide bonds. The first kappa shape index (κ1) is 12.0. The highest BCUT2D eigenvalue weighted by Gasteiger charge is 2.17. The molecule has 0 fully saturated rings. The molecule has 0 aliphatic rings. The number of hydrogen-bond acceptors (Lipinski definition) is 2. The van der Waals surface area contributed by atoms with Crippen LogP contribution in [0.5, 0.6) is 0 Å². The van der Waals surface area contributed by atoms with Gasteiger partial charge in [0, 0.05) is 11.6 Å². The topological polar surface area (TPSA) is 66.5 Å². The summed E-state index contributed by atoms with van der Waals surface area (Å²) in [6, 6.07) is 11.9. The van der Waals surface area contributed by atoms with Crippen LogP contribution in [-0.4, -0.2) is 19.5 Å². The van der Waals surface area contributed by atoms with E-state index in [4.69, 9.17) is 0 Å². The molecule has 1 atom stereocenters. The smallest absolute Gasteiger partial charge is 0.327 e. The van der Waals surface area contributed by atoms with Crippen molar-refractivity contribution >= 4 is 22.1 Å². The van der Waals surface area contributed by atoms with Crippen molar-refractivity contribution in [2.75, 3.05) is 0 Å². The van der Waals surface area contributed by atoms with E-state index in [0.29, 0.717) is 0 Å². The Hall–Kier alpha value is -2.82. The van der Waals surface area contributed by atoms with E-state index in [1.165, 1.54) is 0 Å². The van der Waals surface area contributed by atoms with Crippen LogP contribution >= 0.6 is 0 Å². The van der Waals surface area contributed by atoms with Gasteiger partial charge in [0.15, 0.2) is 0 Å². The van der Waals surface area contributed by atoms with Gasteiger partial charge in [-0.15, -0.1) is 0 Å². The van der Waals surface area contributed by atoms with Gasteiger partial charge >= 0.3 is 5.69 Å². The molecule has 0 aliphatic carbocycles. The molecule has 4 aromatic rings. The van der Waals surface area contributed by atoms with E-state index in [2.05, 4.69) is 15.0 Å². The normalized spacial score (nSPS) is 13.0. The first-order chi connectivity index (χ1) is 10.3. The zero-order chi connectivity index (χ0) is 14.4. The Labute approximate surface area is 120 Å². The maximum Gasteiger partial charge on any atom is 0.327 e. The monoisotopic (exact) mass is 278 g/mol. The minimum Gasteiger partial charge on any atom is -0.346 e. The molecule has 0 bridgehead atoms. The summed E-state index contributed by atoms with van der Waals surface area (Å²) in [6.07, 6.45) is 3.54. The second-order valence-corrected chi connectivity index (χ2v) is 5.15. The predicted molar refractivity (Wildman–Crippen MR) is 82.5 cm³/mol. The Kier molecular flexibility index (Phi) is 2.47. The number of rotatable bonds is 2. The minimum absolute atomic E-state index is 0.0482. The Morgan fingerprint density at radius 3 is 2.81 bits per heavy atom. The quantitative estimate of drug-likeness (QED) is 0.592. The lowest BCUT2D eigenvalue weighted by atomic mass is 10.1. The Bertz CT molecular complexity index is 978. The Morgan fingerprint density at radius 2 is 2.00 bits per heavy atom. The van der Waals surface area contributed by atoms with Crippen LogP contribution in [0.1, 0.15) is 18.5 Å². The molecule has 0 aliphatic heterocycles. The van der Waals surface area contributed by atoms with Crippen LogP contribution in [0.15, 0.2) is 53.6 Å². The van der Waals surface area contributed by atoms with E-state index < -0.39 is 0 Å². The average Bonchev–Trinajstić information content (AvgIpc) is 3.10. The van der Waals surface area contributed by atoms with E-state index in [1.54, 1.807) is 10.8 Å². The first-order valence-electron chi connectivity index (χ1n) is 6.87. The van der Waals surface area contributed by atoms with Crippen LogP contribution in [0, 0.1) is 0 Å². The zero-order valence-electron chi connectivity index (χ0n) is 11.5. The third-order valence-electron chi connectivity index (χ3n) is 3.93. The molecule has 0 saturated carbocycles. The molecule has 104 valence electrons. The van der Waals surface area contributed by atoms with E-state index in [9.17, 15) is 4.79 Å². The number of fused-ring (bicyclic) bond motifs is 3. The lowest BCUT2D eigenvalue weighted by Crippen LogP contribution is -2.21. The molecule has 3 heterocycles. The molecule has 0 radical (unpaired) electrons. The van der Waals surface area contributed by atoms with Crippen molar-refractivity contribution in [1.82, 2.24) is 19.5 Å². The number of imidazole rings is 1. The van der Waals surface area contributed by atoms with Crippen LogP contribution in [-0.2, 0) is 0 Å². The van der Waals surface area contributed by atoms with Crippen LogP contribution in [0.25, 0.3) is 22.1 Å². The Balaban J connectivity index is 2.06. The average molecular weight is 278 g/mol. The number of H-pyrrole nitrogens is 2. The molecule has 4 rings (SSSR count). The van der Waals surface area contributed by atoms with Gasteiger partial charge in [-0.05, 0) is 18.6 Å². The van der Waals surface area contributed by atoms with Crippen molar-refractivity contribution in [2.45, 2.75) is 13.0 Å². The minimum atomic E-state index is -0.114. The van der Waals surface area contributed by atoms with Gasteiger partial charge in [0.05, 0.1) is 23.3 Å². The summed E-state index contributed by atoms with van der Waals surface area (Å²) < 4.78 is 1.79. The van der Waals surface area contributed by atoms with Gasteiger partial charge in [-0.3, -0.25) is 4.57 Å². The van der Waals surface area contributed by atoms with Gasteiger partial charge < -0.3 is 9.97 Å². The number of aromatic amines is 2. The summed E-state index contributed by atoms with van der Waals surface area (Å²) >= 11 is 0. The fourth-order valence-corrected chi connectivity index (χ4v) is 2.87. The van der Waals surface area contributed by atoms with Gasteiger partial charge in [-0.2, -0.15) is 0 Å². The first-order valence-corrected chi connectivity index (χ1v) is 6.87. The lowest BCUT2D eigenvalue weighted by molar-refractivity contribution is 0.637. The number of nitrogens with zero attached hydrogens (tertiary/aromatic N) is 2. The maximum absolute atomic E-state index is 12.4. The Morgan fingerprint density at radius 1 is 1.19 bits per heavy atom. The van der Waals surface area contributed by atoms with Crippen molar-refractivity contribution in [3.8, 4) is 0 Å². The fraction of sp³-hybridized carbons (Fsp3) is 0.125. The van der Waals surface area contributed by atoms with Gasteiger partial charge in [0.1, 0.15) is 5.65 Å².